The highest BCUT2D eigenvalue weighted by Crippen LogP contribution is 2.53. The van der Waals surface area contributed by atoms with Crippen molar-refractivity contribution in [3.8, 4) is 11.5 Å². The Kier molecular flexibility index (Phi) is 6.81. The van der Waals surface area contributed by atoms with Gasteiger partial charge in [0, 0.05) is 29.1 Å². The zero-order chi connectivity index (χ0) is 27.2. The number of methoxy groups -OCH3 is 2. The van der Waals surface area contributed by atoms with Crippen LogP contribution in [0.4, 0.5) is 5.69 Å². The molecule has 2 amide bonds. The minimum absolute atomic E-state index is 0.0273. The number of carboxylic acid groups (broad SMARTS) is 1. The van der Waals surface area contributed by atoms with E-state index in [4.69, 9.17) is 32.7 Å². The summed E-state index contributed by atoms with van der Waals surface area (Å²) in [6.45, 7) is 0. The van der Waals surface area contributed by atoms with Crippen LogP contribution in [0.1, 0.15) is 17.2 Å². The first-order valence-electron chi connectivity index (χ1n) is 11.8. The molecule has 5 rings (SSSR count). The van der Waals surface area contributed by atoms with Crippen molar-refractivity contribution in [2.45, 2.75) is 18.0 Å². The molecule has 0 aromatic heterocycles. The number of amides is 2. The molecule has 2 N–H and O–H groups in total. The number of fused-ring (bicyclic) bond motifs is 1. The lowest BCUT2D eigenvalue weighted by molar-refractivity contribution is -0.148. The van der Waals surface area contributed by atoms with Crippen LogP contribution in [0.5, 0.6) is 11.5 Å². The van der Waals surface area contributed by atoms with Gasteiger partial charge < -0.3 is 14.6 Å². The van der Waals surface area contributed by atoms with Crippen LogP contribution in [-0.2, 0) is 20.8 Å². The van der Waals surface area contributed by atoms with Crippen molar-refractivity contribution in [3.05, 3.63) is 87.9 Å². The summed E-state index contributed by atoms with van der Waals surface area (Å²) in [5.74, 6) is -3.80. The number of imide groups is 1. The van der Waals surface area contributed by atoms with Gasteiger partial charge >= 0.3 is 5.97 Å². The van der Waals surface area contributed by atoms with E-state index in [2.05, 4.69) is 5.32 Å². The number of hydrogen-bond donors (Lipinski definition) is 2. The van der Waals surface area contributed by atoms with Crippen molar-refractivity contribution in [1.29, 1.82) is 0 Å². The second kappa shape index (κ2) is 9.94. The minimum Gasteiger partial charge on any atom is -0.497 e. The molecule has 0 spiro atoms. The van der Waals surface area contributed by atoms with E-state index >= 15 is 0 Å². The summed E-state index contributed by atoms with van der Waals surface area (Å²) in [7, 11) is 2.99. The van der Waals surface area contributed by atoms with Crippen LogP contribution in [0.2, 0.25) is 10.0 Å². The summed E-state index contributed by atoms with van der Waals surface area (Å²) in [4.78, 5) is 42.1. The fourth-order valence-electron chi connectivity index (χ4n) is 5.60. The molecule has 38 heavy (non-hydrogen) atoms. The Morgan fingerprint density at radius 1 is 1.00 bits per heavy atom. The van der Waals surface area contributed by atoms with Gasteiger partial charge in [0.2, 0.25) is 11.8 Å². The summed E-state index contributed by atoms with van der Waals surface area (Å²) < 4.78 is 10.9. The lowest BCUT2D eigenvalue weighted by atomic mass is 9.76. The van der Waals surface area contributed by atoms with Gasteiger partial charge in [0.1, 0.15) is 17.0 Å². The Bertz CT molecular complexity index is 1430. The maximum atomic E-state index is 14.0. The molecule has 2 aliphatic rings. The van der Waals surface area contributed by atoms with Gasteiger partial charge in [0.25, 0.3) is 0 Å². The quantitative estimate of drug-likeness (QED) is 0.413. The number of nitrogens with one attached hydrogen (secondary N) is 1. The van der Waals surface area contributed by atoms with Crippen molar-refractivity contribution in [3.63, 3.8) is 0 Å². The van der Waals surface area contributed by atoms with Gasteiger partial charge in [0.05, 0.1) is 36.8 Å². The van der Waals surface area contributed by atoms with Gasteiger partial charge in [-0.25, -0.2) is 4.90 Å². The standard InChI is InChI=1S/C28H24Cl2N2O6/c1-37-17-9-10-18(21(13-17)38-2)24-22-23(28(31-24,27(35)36)14-15-6-4-3-5-7-15)26(34)32(25(22)33)20-11-8-16(29)12-19(20)30/h3-13,22-24,31H,14H2,1-2H3,(H,35,36)/t22-,23+,24-,28-/m0/s1. The van der Waals surface area contributed by atoms with E-state index in [1.165, 1.54) is 32.4 Å². The molecule has 0 unspecified atom stereocenters. The van der Waals surface area contributed by atoms with Gasteiger partial charge in [-0.1, -0.05) is 59.6 Å². The molecule has 4 atom stereocenters. The molecule has 0 saturated carbocycles. The minimum atomic E-state index is -1.79. The van der Waals surface area contributed by atoms with Crippen LogP contribution >= 0.6 is 23.2 Å². The van der Waals surface area contributed by atoms with Crippen molar-refractivity contribution in [1.82, 2.24) is 5.32 Å². The molecule has 3 aromatic carbocycles. The van der Waals surface area contributed by atoms with E-state index in [0.717, 1.165) is 4.90 Å². The van der Waals surface area contributed by atoms with Crippen LogP contribution in [0.25, 0.3) is 0 Å². The number of rotatable bonds is 7. The Morgan fingerprint density at radius 2 is 1.74 bits per heavy atom. The molecule has 0 aliphatic carbocycles. The van der Waals surface area contributed by atoms with Crippen molar-refractivity contribution >= 4 is 46.7 Å². The van der Waals surface area contributed by atoms with Crippen molar-refractivity contribution in [2.75, 3.05) is 19.1 Å². The van der Waals surface area contributed by atoms with Crippen molar-refractivity contribution in [2.24, 2.45) is 11.8 Å². The van der Waals surface area contributed by atoms with E-state index in [1.807, 2.05) is 6.07 Å². The summed E-state index contributed by atoms with van der Waals surface area (Å²) >= 11 is 12.4. The van der Waals surface area contributed by atoms with Crippen LogP contribution in [0, 0.1) is 11.8 Å². The summed E-state index contributed by atoms with van der Waals surface area (Å²) in [5, 5.41) is 14.3. The van der Waals surface area contributed by atoms with Crippen molar-refractivity contribution < 1.29 is 29.0 Å². The van der Waals surface area contributed by atoms with Gasteiger partial charge in [-0.2, -0.15) is 0 Å². The van der Waals surface area contributed by atoms with Gasteiger partial charge in [-0.05, 0) is 29.8 Å². The number of anilines is 1. The van der Waals surface area contributed by atoms with E-state index in [0.29, 0.717) is 27.6 Å². The molecule has 196 valence electrons. The van der Waals surface area contributed by atoms with Crippen LogP contribution in [-0.4, -0.2) is 42.6 Å². The maximum absolute atomic E-state index is 14.0. The van der Waals surface area contributed by atoms with Gasteiger partial charge in [-0.15, -0.1) is 0 Å². The third kappa shape index (κ3) is 4.09. The smallest absolute Gasteiger partial charge is 0.325 e. The van der Waals surface area contributed by atoms with Gasteiger partial charge in [0.15, 0.2) is 0 Å². The number of nitrogens with zero attached hydrogens (tertiary/aromatic N) is 1. The molecule has 2 aliphatic heterocycles. The fourth-order valence-corrected chi connectivity index (χ4v) is 6.09. The molecule has 3 aromatic rings. The zero-order valence-electron chi connectivity index (χ0n) is 20.5. The number of carboxylic acids is 1. The number of carbonyl (C=O) groups excluding carboxylic acids is 2. The Hall–Kier alpha value is -3.59. The number of halogens is 2. The molecule has 8 nitrogen and oxygen atoms in total. The molecule has 0 radical (unpaired) electrons. The highest BCUT2D eigenvalue weighted by atomic mass is 35.5. The predicted molar refractivity (Wildman–Crippen MR) is 142 cm³/mol. The van der Waals surface area contributed by atoms with E-state index < -0.39 is 41.2 Å². The summed E-state index contributed by atoms with van der Waals surface area (Å²) in [6, 6.07) is 17.6. The highest BCUT2D eigenvalue weighted by molar-refractivity contribution is 6.38. The number of ether oxygens (including phenoxy) is 2. The SMILES string of the molecule is COc1ccc([C@@H]2N[C@](Cc3ccccc3)(C(=O)O)[C@H]3C(=O)N(c4ccc(Cl)cc4Cl)C(=O)[C@H]23)c(OC)c1. The lowest BCUT2D eigenvalue weighted by Gasteiger charge is -2.31. The molecule has 10 heteroatoms. The third-order valence-electron chi connectivity index (χ3n) is 7.29. The normalized spacial score (nSPS) is 24.4. The molecule has 0 bridgehead atoms. The highest BCUT2D eigenvalue weighted by Gasteiger charge is 2.69. The molecular weight excluding hydrogens is 531 g/mol. The predicted octanol–water partition coefficient (Wildman–Crippen LogP) is 4.53. The molecular formula is C28H24Cl2N2O6. The number of benzene rings is 3. The molecule has 2 saturated heterocycles. The first-order chi connectivity index (χ1) is 18.2. The van der Waals surface area contributed by atoms with Crippen LogP contribution in [0.15, 0.2) is 66.7 Å². The average molecular weight is 555 g/mol. The summed E-state index contributed by atoms with van der Waals surface area (Å²) in [5.41, 5.74) is -0.404. The van der Waals surface area contributed by atoms with Crippen LogP contribution in [0.3, 0.4) is 0 Å². The average Bonchev–Trinajstić information content (AvgIpc) is 3.38. The Morgan fingerprint density at radius 3 is 2.37 bits per heavy atom. The molecule has 2 heterocycles. The first kappa shape index (κ1) is 26.0. The van der Waals surface area contributed by atoms with Crippen LogP contribution < -0.4 is 19.7 Å². The van der Waals surface area contributed by atoms with E-state index in [-0.39, 0.29) is 17.1 Å². The number of aliphatic carboxylic acids is 1. The van der Waals surface area contributed by atoms with E-state index in [1.54, 1.807) is 42.5 Å². The maximum Gasteiger partial charge on any atom is 0.325 e. The monoisotopic (exact) mass is 554 g/mol. The summed E-state index contributed by atoms with van der Waals surface area (Å²) in [6.07, 6.45) is -0.0273. The third-order valence-corrected chi connectivity index (χ3v) is 7.83. The second-order valence-electron chi connectivity index (χ2n) is 9.28. The number of carbonyl (C=O) groups is 3. The fraction of sp³-hybridized carbons (Fsp3) is 0.250. The first-order valence-corrected chi connectivity index (χ1v) is 12.6. The Labute approximate surface area is 229 Å². The molecule has 2 fully saturated rings. The Balaban J connectivity index is 1.69. The zero-order valence-corrected chi connectivity index (χ0v) is 22.0. The van der Waals surface area contributed by atoms with Gasteiger partial charge in [-0.3, -0.25) is 19.7 Å². The van der Waals surface area contributed by atoms with E-state index in [9.17, 15) is 19.5 Å². The largest absolute Gasteiger partial charge is 0.497 e. The second-order valence-corrected chi connectivity index (χ2v) is 10.1. The topological polar surface area (TPSA) is 105 Å². The number of hydrogen-bond acceptors (Lipinski definition) is 6. The lowest BCUT2D eigenvalue weighted by Crippen LogP contribution is -2.57.